The van der Waals surface area contributed by atoms with Crippen LogP contribution in [-0.4, -0.2) is 0 Å². The van der Waals surface area contributed by atoms with Crippen molar-refractivity contribution in [1.29, 1.82) is 0 Å². The van der Waals surface area contributed by atoms with Gasteiger partial charge >= 0.3 is 6.18 Å². The van der Waals surface area contributed by atoms with E-state index in [0.29, 0.717) is 9.86 Å². The zero-order valence-electron chi connectivity index (χ0n) is 6.73. The van der Waals surface area contributed by atoms with Crippen LogP contribution < -0.4 is 0 Å². The van der Waals surface area contributed by atoms with Crippen LogP contribution in [-0.2, 0) is 6.18 Å². The largest absolute Gasteiger partial charge is 0.450 e. The standard InChI is InChI=1S/C9H4BrF3O/c10-6-3-1-2-5-4-7(9(11,12)13)14-8(5)6/h1-4H. The molecule has 0 N–H and O–H groups in total. The van der Waals surface area contributed by atoms with Crippen molar-refractivity contribution in [3.8, 4) is 0 Å². The van der Waals surface area contributed by atoms with Crippen molar-refractivity contribution in [1.82, 2.24) is 0 Å². The molecule has 0 amide bonds. The van der Waals surface area contributed by atoms with Gasteiger partial charge in [0.25, 0.3) is 0 Å². The van der Waals surface area contributed by atoms with Crippen LogP contribution in [0.25, 0.3) is 11.0 Å². The SMILES string of the molecule is FC(F)(F)c1cc2cccc(Br)c2o1. The lowest BCUT2D eigenvalue weighted by molar-refractivity contribution is -0.152. The van der Waals surface area contributed by atoms with Gasteiger partial charge in [-0.2, -0.15) is 13.2 Å². The van der Waals surface area contributed by atoms with E-state index in [0.717, 1.165) is 6.07 Å². The number of hydrogen-bond acceptors (Lipinski definition) is 1. The highest BCUT2D eigenvalue weighted by Crippen LogP contribution is 2.35. The predicted molar refractivity (Wildman–Crippen MR) is 48.9 cm³/mol. The van der Waals surface area contributed by atoms with Gasteiger partial charge in [0.15, 0.2) is 0 Å². The van der Waals surface area contributed by atoms with Gasteiger partial charge in [-0.3, -0.25) is 0 Å². The monoisotopic (exact) mass is 264 g/mol. The minimum Gasteiger partial charge on any atom is -0.450 e. The maximum atomic E-state index is 12.2. The Morgan fingerprint density at radius 3 is 2.50 bits per heavy atom. The summed E-state index contributed by atoms with van der Waals surface area (Å²) in [4.78, 5) is 0. The molecule has 5 heteroatoms. The number of para-hydroxylation sites is 1. The predicted octanol–water partition coefficient (Wildman–Crippen LogP) is 4.21. The third-order valence-corrected chi connectivity index (χ3v) is 2.40. The lowest BCUT2D eigenvalue weighted by Gasteiger charge is -1.99. The molecule has 0 saturated carbocycles. The average Bonchev–Trinajstić information content (AvgIpc) is 2.48. The fourth-order valence-corrected chi connectivity index (χ4v) is 1.63. The first-order valence-corrected chi connectivity index (χ1v) is 4.53. The molecule has 0 unspecified atom stereocenters. The molecule has 14 heavy (non-hydrogen) atoms. The van der Waals surface area contributed by atoms with E-state index >= 15 is 0 Å². The molecule has 0 spiro atoms. The summed E-state index contributed by atoms with van der Waals surface area (Å²) >= 11 is 3.12. The topological polar surface area (TPSA) is 13.1 Å². The molecule has 0 bridgehead atoms. The normalized spacial score (nSPS) is 12.3. The molecule has 1 aromatic heterocycles. The van der Waals surface area contributed by atoms with Gasteiger partial charge in [0.05, 0.1) is 4.47 Å². The summed E-state index contributed by atoms with van der Waals surface area (Å²) in [6.45, 7) is 0. The number of halogens is 4. The van der Waals surface area contributed by atoms with Crippen LogP contribution >= 0.6 is 15.9 Å². The molecule has 0 atom stereocenters. The van der Waals surface area contributed by atoms with Crippen LogP contribution in [0.1, 0.15) is 5.76 Å². The highest BCUT2D eigenvalue weighted by Gasteiger charge is 2.35. The van der Waals surface area contributed by atoms with E-state index < -0.39 is 11.9 Å². The summed E-state index contributed by atoms with van der Waals surface area (Å²) in [7, 11) is 0. The molecule has 0 fully saturated rings. The molecule has 1 heterocycles. The van der Waals surface area contributed by atoms with Crippen LogP contribution in [0, 0.1) is 0 Å². The summed E-state index contributed by atoms with van der Waals surface area (Å²) in [5, 5.41) is 0.437. The van der Waals surface area contributed by atoms with Crippen molar-refractivity contribution in [3.05, 3.63) is 34.5 Å². The number of alkyl halides is 3. The number of benzene rings is 1. The Bertz CT molecular complexity index is 472. The van der Waals surface area contributed by atoms with E-state index in [1.807, 2.05) is 0 Å². The molecular weight excluding hydrogens is 261 g/mol. The summed E-state index contributed by atoms with van der Waals surface area (Å²) in [6.07, 6.45) is -4.43. The van der Waals surface area contributed by atoms with Crippen LogP contribution in [0.2, 0.25) is 0 Å². The fraction of sp³-hybridized carbons (Fsp3) is 0.111. The number of fused-ring (bicyclic) bond motifs is 1. The average molecular weight is 265 g/mol. The van der Waals surface area contributed by atoms with Gasteiger partial charge in [-0.05, 0) is 28.1 Å². The van der Waals surface area contributed by atoms with Crippen LogP contribution in [0.3, 0.4) is 0 Å². The second-order valence-corrected chi connectivity index (χ2v) is 3.62. The molecule has 1 aromatic carbocycles. The molecule has 2 aromatic rings. The van der Waals surface area contributed by atoms with Crippen molar-refractivity contribution < 1.29 is 17.6 Å². The summed E-state index contributed by atoms with van der Waals surface area (Å²) in [5.41, 5.74) is 0.222. The van der Waals surface area contributed by atoms with Gasteiger partial charge in [0.2, 0.25) is 5.76 Å². The summed E-state index contributed by atoms with van der Waals surface area (Å²) < 4.78 is 42.0. The van der Waals surface area contributed by atoms with Gasteiger partial charge in [-0.25, -0.2) is 0 Å². The molecule has 74 valence electrons. The minimum atomic E-state index is -4.43. The van der Waals surface area contributed by atoms with Gasteiger partial charge < -0.3 is 4.42 Å². The van der Waals surface area contributed by atoms with E-state index in [1.165, 1.54) is 0 Å². The van der Waals surface area contributed by atoms with Gasteiger partial charge in [0.1, 0.15) is 5.58 Å². The van der Waals surface area contributed by atoms with Crippen molar-refractivity contribution in [2.24, 2.45) is 0 Å². The minimum absolute atomic E-state index is 0.222. The lowest BCUT2D eigenvalue weighted by Crippen LogP contribution is -2.01. The van der Waals surface area contributed by atoms with Gasteiger partial charge in [-0.1, -0.05) is 12.1 Å². The second kappa shape index (κ2) is 3.02. The van der Waals surface area contributed by atoms with E-state index in [4.69, 9.17) is 4.42 Å². The van der Waals surface area contributed by atoms with E-state index in [2.05, 4.69) is 15.9 Å². The maximum absolute atomic E-state index is 12.2. The molecule has 0 aliphatic heterocycles. The molecule has 0 aliphatic rings. The summed E-state index contributed by atoms with van der Waals surface area (Å²) in [5.74, 6) is -0.973. The zero-order valence-corrected chi connectivity index (χ0v) is 8.32. The first-order valence-electron chi connectivity index (χ1n) is 3.74. The Hall–Kier alpha value is -0.970. The summed E-state index contributed by atoms with van der Waals surface area (Å²) in [6, 6.07) is 5.84. The van der Waals surface area contributed by atoms with Crippen LogP contribution in [0.15, 0.2) is 33.2 Å². The smallest absolute Gasteiger partial charge is 0.449 e. The zero-order chi connectivity index (χ0) is 10.3. The third kappa shape index (κ3) is 1.52. The van der Waals surface area contributed by atoms with Crippen LogP contribution in [0.5, 0.6) is 0 Å². The molecule has 0 saturated heterocycles. The Morgan fingerprint density at radius 1 is 1.21 bits per heavy atom. The van der Waals surface area contributed by atoms with Crippen molar-refractivity contribution >= 4 is 26.9 Å². The first kappa shape index (κ1) is 9.58. The highest BCUT2D eigenvalue weighted by atomic mass is 79.9. The molecule has 0 aliphatic carbocycles. The van der Waals surface area contributed by atoms with Crippen molar-refractivity contribution in [3.63, 3.8) is 0 Å². The molecule has 1 nitrogen and oxygen atoms in total. The van der Waals surface area contributed by atoms with E-state index in [1.54, 1.807) is 18.2 Å². The van der Waals surface area contributed by atoms with Crippen molar-refractivity contribution in [2.45, 2.75) is 6.18 Å². The molecule has 0 radical (unpaired) electrons. The molecule has 2 rings (SSSR count). The number of rotatable bonds is 0. The number of furan rings is 1. The van der Waals surface area contributed by atoms with E-state index in [9.17, 15) is 13.2 Å². The molecular formula is C9H4BrF3O. The Balaban J connectivity index is 2.69. The van der Waals surface area contributed by atoms with Crippen LogP contribution in [0.4, 0.5) is 13.2 Å². The lowest BCUT2D eigenvalue weighted by atomic mass is 10.2. The Kier molecular flexibility index (Phi) is 2.06. The Morgan fingerprint density at radius 2 is 1.93 bits per heavy atom. The van der Waals surface area contributed by atoms with Gasteiger partial charge in [0, 0.05) is 5.39 Å². The van der Waals surface area contributed by atoms with E-state index in [-0.39, 0.29) is 5.58 Å². The van der Waals surface area contributed by atoms with Gasteiger partial charge in [-0.15, -0.1) is 0 Å². The maximum Gasteiger partial charge on any atom is 0.449 e. The highest BCUT2D eigenvalue weighted by molar-refractivity contribution is 9.10. The quantitative estimate of drug-likeness (QED) is 0.695. The van der Waals surface area contributed by atoms with Crippen molar-refractivity contribution in [2.75, 3.05) is 0 Å². The Labute approximate surface area is 85.6 Å². The second-order valence-electron chi connectivity index (χ2n) is 2.77. The third-order valence-electron chi connectivity index (χ3n) is 1.78. The fourth-order valence-electron chi connectivity index (χ4n) is 1.17. The first-order chi connectivity index (χ1) is 6.48. The number of hydrogen-bond donors (Lipinski definition) is 0.